The number of carbonyl (C=O) groups is 4. The Kier molecular flexibility index (Phi) is 4.71. The van der Waals surface area contributed by atoms with E-state index >= 15 is 0 Å². The fraction of sp³-hybridized carbons (Fsp3) is 0.136. The molecule has 2 aromatic carbocycles. The molecular formula is C22H16N4O5S. The summed E-state index contributed by atoms with van der Waals surface area (Å²) < 4.78 is 5.37. The number of imide groups is 1. The van der Waals surface area contributed by atoms with E-state index < -0.39 is 24.3 Å². The largest absolute Gasteiger partial charge is 0.482 e. The molecule has 0 bridgehead atoms. The summed E-state index contributed by atoms with van der Waals surface area (Å²) in [5, 5.41) is 5.77. The lowest BCUT2D eigenvalue weighted by Crippen LogP contribution is -2.37. The first-order valence-electron chi connectivity index (χ1n) is 9.70. The molecule has 2 aliphatic rings. The van der Waals surface area contributed by atoms with Gasteiger partial charge in [-0.15, -0.1) is 11.3 Å². The first kappa shape index (κ1) is 19.9. The second-order valence-electron chi connectivity index (χ2n) is 7.26. The second-order valence-corrected chi connectivity index (χ2v) is 8.47. The van der Waals surface area contributed by atoms with Crippen LogP contribution in [0, 0.1) is 6.92 Å². The van der Waals surface area contributed by atoms with E-state index in [1.807, 2.05) is 13.0 Å². The Morgan fingerprint density at radius 1 is 1.16 bits per heavy atom. The molecule has 4 amide bonds. The summed E-state index contributed by atoms with van der Waals surface area (Å²) in [5.41, 5.74) is 2.54. The SMILES string of the molecule is Cc1sc(NC(=O)CN2C(=O)c3ccccc3C2=O)nc1-c1ccc2c(c1)NC(=O)CO2. The molecule has 5 rings (SSSR count). The minimum atomic E-state index is -0.522. The number of fused-ring (bicyclic) bond motifs is 2. The van der Waals surface area contributed by atoms with Gasteiger partial charge in [0.1, 0.15) is 12.3 Å². The monoisotopic (exact) mass is 448 g/mol. The molecule has 10 heteroatoms. The lowest BCUT2D eigenvalue weighted by molar-refractivity contribution is -0.118. The number of thiazole rings is 1. The summed E-state index contributed by atoms with van der Waals surface area (Å²) in [7, 11) is 0. The van der Waals surface area contributed by atoms with Crippen LogP contribution in [0.3, 0.4) is 0 Å². The van der Waals surface area contributed by atoms with Crippen molar-refractivity contribution in [2.24, 2.45) is 0 Å². The van der Waals surface area contributed by atoms with Crippen molar-refractivity contribution < 1.29 is 23.9 Å². The van der Waals surface area contributed by atoms with Gasteiger partial charge < -0.3 is 15.4 Å². The van der Waals surface area contributed by atoms with Crippen LogP contribution in [0.15, 0.2) is 42.5 Å². The van der Waals surface area contributed by atoms with E-state index in [1.54, 1.807) is 36.4 Å². The van der Waals surface area contributed by atoms with Gasteiger partial charge in [-0.2, -0.15) is 0 Å². The molecule has 3 aromatic rings. The smallest absolute Gasteiger partial charge is 0.262 e. The second kappa shape index (κ2) is 7.57. The van der Waals surface area contributed by atoms with Gasteiger partial charge in [-0.25, -0.2) is 4.98 Å². The van der Waals surface area contributed by atoms with Gasteiger partial charge in [-0.1, -0.05) is 12.1 Å². The molecule has 2 N–H and O–H groups in total. The van der Waals surface area contributed by atoms with E-state index in [2.05, 4.69) is 15.6 Å². The predicted molar refractivity (Wildman–Crippen MR) is 117 cm³/mol. The number of hydrogen-bond donors (Lipinski definition) is 2. The Hall–Kier alpha value is -4.05. The molecule has 0 aliphatic carbocycles. The fourth-order valence-electron chi connectivity index (χ4n) is 3.63. The minimum Gasteiger partial charge on any atom is -0.482 e. The summed E-state index contributed by atoms with van der Waals surface area (Å²) in [6.45, 7) is 1.44. The zero-order valence-corrected chi connectivity index (χ0v) is 17.6. The lowest BCUT2D eigenvalue weighted by atomic mass is 10.1. The third kappa shape index (κ3) is 3.40. The van der Waals surface area contributed by atoms with E-state index in [4.69, 9.17) is 4.74 Å². The zero-order valence-electron chi connectivity index (χ0n) is 16.8. The molecule has 0 saturated carbocycles. The Labute approximate surface area is 186 Å². The van der Waals surface area contributed by atoms with Gasteiger partial charge in [0.25, 0.3) is 17.7 Å². The van der Waals surface area contributed by atoms with Crippen molar-refractivity contribution in [2.45, 2.75) is 6.92 Å². The quantitative estimate of drug-likeness (QED) is 0.593. The average molecular weight is 448 g/mol. The first-order valence-corrected chi connectivity index (χ1v) is 10.5. The maximum Gasteiger partial charge on any atom is 0.262 e. The third-order valence-corrected chi connectivity index (χ3v) is 5.99. The molecule has 3 heterocycles. The van der Waals surface area contributed by atoms with Gasteiger partial charge in [0.15, 0.2) is 11.7 Å². The number of rotatable bonds is 4. The summed E-state index contributed by atoms with van der Waals surface area (Å²) in [6, 6.07) is 11.8. The number of nitrogens with zero attached hydrogens (tertiary/aromatic N) is 2. The number of anilines is 2. The van der Waals surface area contributed by atoms with Crippen LogP contribution in [-0.2, 0) is 9.59 Å². The molecule has 0 saturated heterocycles. The molecule has 0 radical (unpaired) electrons. The van der Waals surface area contributed by atoms with E-state index in [0.717, 1.165) is 15.3 Å². The van der Waals surface area contributed by atoms with Gasteiger partial charge in [0.2, 0.25) is 5.91 Å². The van der Waals surface area contributed by atoms with E-state index in [-0.39, 0.29) is 12.5 Å². The lowest BCUT2D eigenvalue weighted by Gasteiger charge is -2.18. The number of amides is 4. The number of hydrogen-bond acceptors (Lipinski definition) is 7. The molecule has 160 valence electrons. The molecule has 0 fully saturated rings. The Morgan fingerprint density at radius 2 is 1.88 bits per heavy atom. The number of benzene rings is 2. The Morgan fingerprint density at radius 3 is 2.59 bits per heavy atom. The summed E-state index contributed by atoms with van der Waals surface area (Å²) in [6.07, 6.45) is 0. The summed E-state index contributed by atoms with van der Waals surface area (Å²) in [4.78, 5) is 55.3. The predicted octanol–water partition coefficient (Wildman–Crippen LogP) is 2.68. The van der Waals surface area contributed by atoms with Crippen LogP contribution in [-0.4, -0.2) is 46.7 Å². The van der Waals surface area contributed by atoms with Gasteiger partial charge in [-0.3, -0.25) is 24.1 Å². The van der Waals surface area contributed by atoms with Gasteiger partial charge in [-0.05, 0) is 37.3 Å². The van der Waals surface area contributed by atoms with Crippen LogP contribution >= 0.6 is 11.3 Å². The van der Waals surface area contributed by atoms with Crippen LogP contribution < -0.4 is 15.4 Å². The van der Waals surface area contributed by atoms with Crippen LogP contribution in [0.1, 0.15) is 25.6 Å². The topological polar surface area (TPSA) is 118 Å². The van der Waals surface area contributed by atoms with Gasteiger partial charge in [0.05, 0.1) is 22.5 Å². The third-order valence-electron chi connectivity index (χ3n) is 5.11. The molecule has 1 aromatic heterocycles. The van der Waals surface area contributed by atoms with Gasteiger partial charge >= 0.3 is 0 Å². The van der Waals surface area contributed by atoms with E-state index in [1.165, 1.54) is 11.3 Å². The molecule has 9 nitrogen and oxygen atoms in total. The van der Waals surface area contributed by atoms with Crippen molar-refractivity contribution in [2.75, 3.05) is 23.8 Å². The minimum absolute atomic E-state index is 0.0225. The van der Waals surface area contributed by atoms with Crippen LogP contribution in [0.2, 0.25) is 0 Å². The van der Waals surface area contributed by atoms with Crippen molar-refractivity contribution in [1.29, 1.82) is 0 Å². The summed E-state index contributed by atoms with van der Waals surface area (Å²) in [5.74, 6) is -1.16. The molecule has 2 aliphatic heterocycles. The number of carbonyl (C=O) groups excluding carboxylic acids is 4. The highest BCUT2D eigenvalue weighted by molar-refractivity contribution is 7.16. The number of ether oxygens (including phenoxy) is 1. The van der Waals surface area contributed by atoms with Crippen molar-refractivity contribution in [3.05, 3.63) is 58.5 Å². The first-order chi connectivity index (χ1) is 15.4. The highest BCUT2D eigenvalue weighted by atomic mass is 32.1. The average Bonchev–Trinajstić information content (AvgIpc) is 3.25. The number of aryl methyl sites for hydroxylation is 1. The van der Waals surface area contributed by atoms with Crippen LogP contribution in [0.4, 0.5) is 10.8 Å². The summed E-state index contributed by atoms with van der Waals surface area (Å²) >= 11 is 1.27. The standard InChI is InChI=1S/C22H16N4O5S/c1-11-19(12-6-7-16-15(8-12)23-18(28)10-31-16)25-22(32-11)24-17(27)9-26-20(29)13-4-2-3-5-14(13)21(26)30/h2-8H,9-10H2,1H3,(H,23,28)(H,24,25,27). The fourth-order valence-corrected chi connectivity index (χ4v) is 4.49. The molecule has 0 atom stereocenters. The number of aromatic nitrogens is 1. The zero-order chi connectivity index (χ0) is 22.4. The molecule has 32 heavy (non-hydrogen) atoms. The normalized spacial score (nSPS) is 14.5. The molecule has 0 spiro atoms. The number of nitrogens with one attached hydrogen (secondary N) is 2. The van der Waals surface area contributed by atoms with E-state index in [9.17, 15) is 19.2 Å². The highest BCUT2D eigenvalue weighted by Crippen LogP contribution is 2.36. The van der Waals surface area contributed by atoms with Crippen molar-refractivity contribution >= 4 is 45.8 Å². The maximum atomic E-state index is 12.5. The highest BCUT2D eigenvalue weighted by Gasteiger charge is 2.36. The van der Waals surface area contributed by atoms with Crippen molar-refractivity contribution in [1.82, 2.24) is 9.88 Å². The Bertz CT molecular complexity index is 1280. The van der Waals surface area contributed by atoms with Crippen LogP contribution in [0.25, 0.3) is 11.3 Å². The van der Waals surface area contributed by atoms with Crippen molar-refractivity contribution in [3.8, 4) is 17.0 Å². The van der Waals surface area contributed by atoms with E-state index in [0.29, 0.717) is 33.4 Å². The van der Waals surface area contributed by atoms with Crippen molar-refractivity contribution in [3.63, 3.8) is 0 Å². The Balaban J connectivity index is 1.32. The van der Waals surface area contributed by atoms with Gasteiger partial charge in [0, 0.05) is 10.4 Å². The molecule has 0 unspecified atom stereocenters. The van der Waals surface area contributed by atoms with Crippen LogP contribution in [0.5, 0.6) is 5.75 Å². The molecular weight excluding hydrogens is 432 g/mol. The maximum absolute atomic E-state index is 12.5.